The third kappa shape index (κ3) is 4.55. The summed E-state index contributed by atoms with van der Waals surface area (Å²) in [6.07, 6.45) is 3.95. The van der Waals surface area contributed by atoms with Crippen molar-refractivity contribution in [2.75, 3.05) is 4.90 Å². The number of nitrogens with zero attached hydrogens (tertiary/aromatic N) is 3. The molecule has 5 aromatic rings. The van der Waals surface area contributed by atoms with Crippen LogP contribution in [-0.4, -0.2) is 14.7 Å². The summed E-state index contributed by atoms with van der Waals surface area (Å²) in [4.78, 5) is 6.88. The lowest BCUT2D eigenvalue weighted by atomic mass is 10.0. The van der Waals surface area contributed by atoms with Crippen molar-refractivity contribution in [1.82, 2.24) is 14.9 Å². The van der Waals surface area contributed by atoms with Gasteiger partial charge < -0.3 is 19.5 Å². The first kappa shape index (κ1) is 23.9. The van der Waals surface area contributed by atoms with Gasteiger partial charge in [0.1, 0.15) is 17.5 Å². The Balaban J connectivity index is 1.40. The Labute approximate surface area is 228 Å². The van der Waals surface area contributed by atoms with Crippen LogP contribution in [0.4, 0.5) is 5.69 Å². The lowest BCUT2D eigenvalue weighted by Crippen LogP contribution is -2.30. The molecule has 1 aliphatic heterocycles. The van der Waals surface area contributed by atoms with Crippen LogP contribution >= 0.6 is 12.2 Å². The van der Waals surface area contributed by atoms with E-state index in [1.165, 1.54) is 11.1 Å². The van der Waals surface area contributed by atoms with Gasteiger partial charge >= 0.3 is 0 Å². The highest BCUT2D eigenvalue weighted by Crippen LogP contribution is 2.42. The number of anilines is 1. The van der Waals surface area contributed by atoms with Crippen LogP contribution < -0.4 is 15.0 Å². The monoisotopic (exact) mass is 516 g/mol. The SMILES string of the molecule is Cc1ccc(Oc2ccc(N3C(=S)N[C@H](c4ccccn4)[C@H]3c3cccn3-c3ccccc3C)cc2)cc1. The van der Waals surface area contributed by atoms with Gasteiger partial charge in [0, 0.05) is 29.5 Å². The number of rotatable bonds is 6. The zero-order chi connectivity index (χ0) is 26.1. The molecule has 1 N–H and O–H groups in total. The van der Waals surface area contributed by atoms with E-state index in [1.54, 1.807) is 0 Å². The molecule has 1 aliphatic rings. The Kier molecular flexibility index (Phi) is 6.40. The number of thiocarbonyl (C=S) groups is 1. The normalized spacial score (nSPS) is 16.9. The highest BCUT2D eigenvalue weighted by Gasteiger charge is 2.42. The first-order chi connectivity index (χ1) is 18.6. The lowest BCUT2D eigenvalue weighted by Gasteiger charge is -2.29. The topological polar surface area (TPSA) is 42.3 Å². The molecule has 1 fully saturated rings. The molecule has 0 radical (unpaired) electrons. The molecule has 3 aromatic carbocycles. The predicted octanol–water partition coefficient (Wildman–Crippen LogP) is 7.46. The number of pyridine rings is 1. The van der Waals surface area contributed by atoms with Gasteiger partial charge in [0.05, 0.1) is 11.7 Å². The van der Waals surface area contributed by atoms with Crippen molar-refractivity contribution in [3.8, 4) is 17.2 Å². The third-order valence-corrected chi connectivity index (χ3v) is 7.24. The van der Waals surface area contributed by atoms with Crippen LogP contribution in [0.2, 0.25) is 0 Å². The first-order valence-electron chi connectivity index (χ1n) is 12.7. The van der Waals surface area contributed by atoms with Crippen LogP contribution in [-0.2, 0) is 0 Å². The maximum absolute atomic E-state index is 6.08. The van der Waals surface area contributed by atoms with Crippen LogP contribution in [0, 0.1) is 13.8 Å². The Morgan fingerprint density at radius 2 is 1.50 bits per heavy atom. The molecule has 38 heavy (non-hydrogen) atoms. The average molecular weight is 517 g/mol. The second-order valence-corrected chi connectivity index (χ2v) is 9.88. The molecule has 0 spiro atoms. The van der Waals surface area contributed by atoms with Gasteiger partial charge in [0.2, 0.25) is 0 Å². The van der Waals surface area contributed by atoms with E-state index in [0.29, 0.717) is 5.11 Å². The van der Waals surface area contributed by atoms with Crippen molar-refractivity contribution in [3.63, 3.8) is 0 Å². The van der Waals surface area contributed by atoms with Gasteiger partial charge in [-0.25, -0.2) is 0 Å². The molecule has 0 amide bonds. The number of aromatic nitrogens is 2. The summed E-state index contributed by atoms with van der Waals surface area (Å²) >= 11 is 5.93. The predicted molar refractivity (Wildman–Crippen MR) is 156 cm³/mol. The summed E-state index contributed by atoms with van der Waals surface area (Å²) < 4.78 is 8.33. The van der Waals surface area contributed by atoms with E-state index in [2.05, 4.69) is 89.4 Å². The van der Waals surface area contributed by atoms with Gasteiger partial charge in [0.25, 0.3) is 0 Å². The van der Waals surface area contributed by atoms with Crippen LogP contribution in [0.25, 0.3) is 5.69 Å². The molecular formula is C32H28N4OS. The summed E-state index contributed by atoms with van der Waals surface area (Å²) in [5.74, 6) is 1.59. The van der Waals surface area contributed by atoms with E-state index < -0.39 is 0 Å². The molecule has 6 heteroatoms. The van der Waals surface area contributed by atoms with E-state index in [0.717, 1.165) is 34.3 Å². The quantitative estimate of drug-likeness (QED) is 0.237. The number of nitrogens with one attached hydrogen (secondary N) is 1. The zero-order valence-electron chi connectivity index (χ0n) is 21.3. The van der Waals surface area contributed by atoms with Crippen molar-refractivity contribution in [2.24, 2.45) is 0 Å². The largest absolute Gasteiger partial charge is 0.457 e. The van der Waals surface area contributed by atoms with Crippen LogP contribution in [0.3, 0.4) is 0 Å². The second-order valence-electron chi connectivity index (χ2n) is 9.50. The van der Waals surface area contributed by atoms with Gasteiger partial charge in [-0.3, -0.25) is 4.98 Å². The fraction of sp³-hybridized carbons (Fsp3) is 0.125. The smallest absolute Gasteiger partial charge is 0.174 e. The van der Waals surface area contributed by atoms with Gasteiger partial charge in [-0.05, 0) is 98.4 Å². The summed E-state index contributed by atoms with van der Waals surface area (Å²) in [6.45, 7) is 4.20. The highest BCUT2D eigenvalue weighted by molar-refractivity contribution is 7.80. The van der Waals surface area contributed by atoms with Crippen molar-refractivity contribution >= 4 is 23.0 Å². The van der Waals surface area contributed by atoms with Crippen LogP contribution in [0.5, 0.6) is 11.5 Å². The number of aryl methyl sites for hydroxylation is 2. The molecule has 5 nitrogen and oxygen atoms in total. The Morgan fingerprint density at radius 3 is 2.21 bits per heavy atom. The lowest BCUT2D eigenvalue weighted by molar-refractivity contribution is 0.482. The fourth-order valence-corrected chi connectivity index (χ4v) is 5.38. The second kappa shape index (κ2) is 10.1. The van der Waals surface area contributed by atoms with E-state index in [9.17, 15) is 0 Å². The molecule has 0 unspecified atom stereocenters. The highest BCUT2D eigenvalue weighted by atomic mass is 32.1. The molecule has 0 aliphatic carbocycles. The molecule has 2 atom stereocenters. The van der Waals surface area contributed by atoms with Crippen molar-refractivity contribution < 1.29 is 4.74 Å². The number of benzene rings is 3. The molecule has 1 saturated heterocycles. The Hall–Kier alpha value is -4.42. The minimum absolute atomic E-state index is 0.115. The van der Waals surface area contributed by atoms with Gasteiger partial charge in [-0.1, -0.05) is 42.0 Å². The van der Waals surface area contributed by atoms with Gasteiger partial charge in [-0.15, -0.1) is 0 Å². The summed E-state index contributed by atoms with van der Waals surface area (Å²) in [7, 11) is 0. The summed E-state index contributed by atoms with van der Waals surface area (Å²) in [6, 6.07) is 34.6. The third-order valence-electron chi connectivity index (χ3n) is 6.93. The van der Waals surface area contributed by atoms with Crippen LogP contribution in [0.15, 0.2) is 116 Å². The standard InChI is InChI=1S/C32H28N4OS/c1-22-12-16-25(17-13-22)37-26-18-14-24(15-19-26)36-31(30(34-32(36)38)27-9-5-6-20-33-27)29-11-7-21-35(29)28-10-4-3-8-23(28)2/h3-21,30-31H,1-2H3,(H,34,38)/t30-,31-/m1/s1. The minimum atomic E-state index is -0.121. The van der Waals surface area contributed by atoms with Gasteiger partial charge in [0.15, 0.2) is 5.11 Å². The number of hydrogen-bond acceptors (Lipinski definition) is 3. The van der Waals surface area contributed by atoms with E-state index >= 15 is 0 Å². The first-order valence-corrected chi connectivity index (χ1v) is 13.1. The number of ether oxygens (including phenoxy) is 1. The average Bonchev–Trinajstić information content (AvgIpc) is 3.55. The molecule has 188 valence electrons. The summed E-state index contributed by atoms with van der Waals surface area (Å²) in [5, 5.41) is 4.22. The molecule has 3 heterocycles. The summed E-state index contributed by atoms with van der Waals surface area (Å²) in [5.41, 5.74) is 6.61. The Morgan fingerprint density at radius 1 is 0.789 bits per heavy atom. The zero-order valence-corrected chi connectivity index (χ0v) is 22.1. The molecule has 2 aromatic heterocycles. The van der Waals surface area contributed by atoms with Crippen molar-refractivity contribution in [2.45, 2.75) is 25.9 Å². The fourth-order valence-electron chi connectivity index (χ4n) is 5.04. The van der Waals surface area contributed by atoms with Gasteiger partial charge in [-0.2, -0.15) is 0 Å². The van der Waals surface area contributed by atoms with Crippen molar-refractivity contribution in [3.05, 3.63) is 138 Å². The van der Waals surface area contributed by atoms with Crippen molar-refractivity contribution in [1.29, 1.82) is 0 Å². The van der Waals surface area contributed by atoms with E-state index in [-0.39, 0.29) is 12.1 Å². The van der Waals surface area contributed by atoms with Crippen LogP contribution in [0.1, 0.15) is 34.6 Å². The molecule has 6 rings (SSSR count). The molecule has 0 bridgehead atoms. The maximum Gasteiger partial charge on any atom is 0.174 e. The van der Waals surface area contributed by atoms with E-state index in [4.69, 9.17) is 21.9 Å². The number of hydrogen-bond donors (Lipinski definition) is 1. The maximum atomic E-state index is 6.08. The minimum Gasteiger partial charge on any atom is -0.457 e. The molecular weight excluding hydrogens is 488 g/mol. The number of para-hydroxylation sites is 1. The van der Waals surface area contributed by atoms with E-state index in [1.807, 2.05) is 54.7 Å². The Bertz CT molecular complexity index is 1560. The molecule has 0 saturated carbocycles.